The molecule has 2 atom stereocenters. The van der Waals surface area contributed by atoms with Crippen molar-refractivity contribution in [3.8, 4) is 0 Å². The molecule has 0 radical (unpaired) electrons. The summed E-state index contributed by atoms with van der Waals surface area (Å²) in [6, 6.07) is 7.93. The van der Waals surface area contributed by atoms with Crippen LogP contribution in [-0.4, -0.2) is 45.6 Å². The number of piperazine rings is 1. The second-order valence-electron chi connectivity index (χ2n) is 8.66. The number of nitrogens with zero attached hydrogens (tertiary/aromatic N) is 5. The summed E-state index contributed by atoms with van der Waals surface area (Å²) in [5, 5.41) is 7.75. The van der Waals surface area contributed by atoms with Crippen molar-refractivity contribution in [2.45, 2.75) is 18.5 Å². The van der Waals surface area contributed by atoms with Crippen LogP contribution >= 0.6 is 27.5 Å². The van der Waals surface area contributed by atoms with Crippen molar-refractivity contribution < 1.29 is 0 Å². The molecule has 9 heteroatoms. The Hall–Kier alpha value is -2.39. The molecule has 0 saturated carbocycles. The minimum atomic E-state index is -1.18. The highest BCUT2D eigenvalue weighted by atomic mass is 79.9. The largest absolute Gasteiger partial charge is 0.335 e. The molecule has 1 fully saturated rings. The Morgan fingerprint density at radius 1 is 1.24 bits per heavy atom. The van der Waals surface area contributed by atoms with Crippen LogP contribution in [0.1, 0.15) is 41.0 Å². The zero-order chi connectivity index (χ0) is 23.2. The molecule has 2 aromatic heterocycles. The molecule has 0 amide bonds. The SMILES string of the molecule is Cn1cncc1C(C)(N=O)C1=Cc2cc(Cl)ccc2[C@@H](N2CCNCC2)c2ncc(Br)cc21. The van der Waals surface area contributed by atoms with Crippen LogP contribution in [0.5, 0.6) is 0 Å². The Labute approximate surface area is 206 Å². The van der Waals surface area contributed by atoms with Crippen molar-refractivity contribution in [1.29, 1.82) is 0 Å². The number of halogens is 2. The van der Waals surface area contributed by atoms with Gasteiger partial charge in [-0.1, -0.05) is 22.8 Å². The quantitative estimate of drug-likeness (QED) is 0.495. The summed E-state index contributed by atoms with van der Waals surface area (Å²) >= 11 is 10.0. The topological polar surface area (TPSA) is 75.4 Å². The lowest BCUT2D eigenvalue weighted by Gasteiger charge is -2.36. The molecule has 1 aromatic carbocycles. The molecule has 5 rings (SSSR count). The number of aromatic nitrogens is 3. The van der Waals surface area contributed by atoms with Crippen molar-refractivity contribution in [2.24, 2.45) is 12.2 Å². The summed E-state index contributed by atoms with van der Waals surface area (Å²) in [5.74, 6) is 0. The second-order valence-corrected chi connectivity index (χ2v) is 10.0. The molecular weight excluding hydrogens is 504 g/mol. The van der Waals surface area contributed by atoms with Gasteiger partial charge in [-0.3, -0.25) is 9.88 Å². The minimum Gasteiger partial charge on any atom is -0.335 e. The van der Waals surface area contributed by atoms with Crippen molar-refractivity contribution >= 4 is 39.2 Å². The zero-order valence-corrected chi connectivity index (χ0v) is 20.8. The maximum Gasteiger partial charge on any atom is 0.167 e. The summed E-state index contributed by atoms with van der Waals surface area (Å²) in [6.45, 7) is 5.44. The molecule has 2 aliphatic rings. The molecule has 1 aliphatic heterocycles. The third kappa shape index (κ3) is 3.85. The predicted octanol–water partition coefficient (Wildman–Crippen LogP) is 4.76. The van der Waals surface area contributed by atoms with E-state index in [1.807, 2.05) is 49.0 Å². The number of rotatable bonds is 4. The fourth-order valence-corrected chi connectivity index (χ4v) is 5.47. The number of nitroso groups, excluding NO2 is 1. The highest BCUT2D eigenvalue weighted by molar-refractivity contribution is 9.10. The van der Waals surface area contributed by atoms with Gasteiger partial charge in [-0.25, -0.2) is 4.98 Å². The molecule has 7 nitrogen and oxygen atoms in total. The van der Waals surface area contributed by atoms with Crippen LogP contribution in [-0.2, 0) is 12.6 Å². The van der Waals surface area contributed by atoms with E-state index in [9.17, 15) is 4.91 Å². The number of pyridine rings is 1. The van der Waals surface area contributed by atoms with E-state index in [2.05, 4.69) is 42.4 Å². The first-order valence-electron chi connectivity index (χ1n) is 10.9. The Morgan fingerprint density at radius 2 is 2.03 bits per heavy atom. The number of fused-ring (bicyclic) bond motifs is 2. The Bertz CT molecular complexity index is 1250. The molecule has 170 valence electrons. The number of imidazole rings is 1. The standard InChI is InChI=1S/C24H24BrClN6O/c1-24(30-33,21-13-28-14-31(21)2)20-10-15-9-17(26)3-4-18(15)23(32-7-5-27-6-8-32)22-19(20)11-16(25)12-29-22/h3-4,9-14,23,27H,5-8H2,1-2H3/t23-,24?/m1/s1. The number of aryl methyl sites for hydroxylation is 1. The Balaban J connectivity index is 1.82. The minimum absolute atomic E-state index is 0.0707. The van der Waals surface area contributed by atoms with E-state index in [-0.39, 0.29) is 6.04 Å². The Morgan fingerprint density at radius 3 is 2.73 bits per heavy atom. The van der Waals surface area contributed by atoms with Crippen LogP contribution in [0, 0.1) is 4.91 Å². The van der Waals surface area contributed by atoms with Gasteiger partial charge in [-0.15, -0.1) is 4.91 Å². The summed E-state index contributed by atoms with van der Waals surface area (Å²) < 4.78 is 2.68. The first-order chi connectivity index (χ1) is 15.9. The van der Waals surface area contributed by atoms with E-state index in [1.54, 1.807) is 12.5 Å². The van der Waals surface area contributed by atoms with Gasteiger partial charge < -0.3 is 9.88 Å². The fourth-order valence-electron chi connectivity index (χ4n) is 4.96. The maximum atomic E-state index is 12.5. The summed E-state index contributed by atoms with van der Waals surface area (Å²) in [5.41, 5.74) is 4.18. The van der Waals surface area contributed by atoms with E-state index < -0.39 is 5.54 Å². The lowest BCUT2D eigenvalue weighted by Crippen LogP contribution is -2.45. The van der Waals surface area contributed by atoms with Crippen LogP contribution in [0.15, 0.2) is 52.6 Å². The molecule has 3 heterocycles. The third-order valence-electron chi connectivity index (χ3n) is 6.62. The van der Waals surface area contributed by atoms with Gasteiger partial charge in [-0.05, 0) is 63.8 Å². The molecule has 33 heavy (non-hydrogen) atoms. The zero-order valence-electron chi connectivity index (χ0n) is 18.4. The van der Waals surface area contributed by atoms with Gasteiger partial charge in [0.2, 0.25) is 0 Å². The first-order valence-corrected chi connectivity index (χ1v) is 12.0. The van der Waals surface area contributed by atoms with E-state index in [0.717, 1.165) is 58.6 Å². The van der Waals surface area contributed by atoms with Crippen LogP contribution < -0.4 is 5.32 Å². The lowest BCUT2D eigenvalue weighted by atomic mass is 9.83. The molecule has 0 spiro atoms. The number of hydrogen-bond donors (Lipinski definition) is 1. The summed E-state index contributed by atoms with van der Waals surface area (Å²) in [7, 11) is 1.87. The molecule has 1 saturated heterocycles. The predicted molar refractivity (Wildman–Crippen MR) is 134 cm³/mol. The number of benzene rings is 1. The van der Waals surface area contributed by atoms with Crippen LogP contribution in [0.2, 0.25) is 5.02 Å². The van der Waals surface area contributed by atoms with Crippen molar-refractivity contribution in [2.75, 3.05) is 26.2 Å². The van der Waals surface area contributed by atoms with Crippen molar-refractivity contribution in [3.05, 3.63) is 85.5 Å². The van der Waals surface area contributed by atoms with Gasteiger partial charge in [0.25, 0.3) is 0 Å². The number of hydrogen-bond acceptors (Lipinski definition) is 6. The van der Waals surface area contributed by atoms with Gasteiger partial charge in [0.1, 0.15) is 0 Å². The molecule has 1 unspecified atom stereocenters. The smallest absolute Gasteiger partial charge is 0.167 e. The van der Waals surface area contributed by atoms with Crippen molar-refractivity contribution in [3.63, 3.8) is 0 Å². The van der Waals surface area contributed by atoms with Gasteiger partial charge in [0.05, 0.1) is 30.0 Å². The van der Waals surface area contributed by atoms with E-state index in [1.165, 1.54) is 0 Å². The van der Waals surface area contributed by atoms with Crippen LogP contribution in [0.25, 0.3) is 11.6 Å². The number of nitrogens with one attached hydrogen (secondary N) is 1. The maximum absolute atomic E-state index is 12.5. The summed E-state index contributed by atoms with van der Waals surface area (Å²) in [6.07, 6.45) is 7.25. The average Bonchev–Trinajstić information content (AvgIpc) is 3.20. The third-order valence-corrected chi connectivity index (χ3v) is 7.29. The highest BCUT2D eigenvalue weighted by Gasteiger charge is 2.41. The molecule has 1 aliphatic carbocycles. The fraction of sp³-hybridized carbons (Fsp3) is 0.333. The van der Waals surface area contributed by atoms with Crippen LogP contribution in [0.3, 0.4) is 0 Å². The molecule has 1 N–H and O–H groups in total. The normalized spacial score (nSPS) is 20.2. The molecule has 3 aromatic rings. The lowest BCUT2D eigenvalue weighted by molar-refractivity contribution is 0.195. The van der Waals surface area contributed by atoms with Gasteiger partial charge in [-0.2, -0.15) is 0 Å². The van der Waals surface area contributed by atoms with E-state index in [0.29, 0.717) is 10.7 Å². The van der Waals surface area contributed by atoms with Gasteiger partial charge >= 0.3 is 0 Å². The monoisotopic (exact) mass is 526 g/mol. The molecular formula is C24H24BrClN6O. The van der Waals surface area contributed by atoms with Crippen molar-refractivity contribution in [1.82, 2.24) is 24.8 Å². The Kier molecular flexibility index (Phi) is 5.95. The average molecular weight is 528 g/mol. The second kappa shape index (κ2) is 8.76. The van der Waals surface area contributed by atoms with Crippen LogP contribution in [0.4, 0.5) is 0 Å². The summed E-state index contributed by atoms with van der Waals surface area (Å²) in [4.78, 5) is 24.1. The van der Waals surface area contributed by atoms with E-state index in [4.69, 9.17) is 16.6 Å². The van der Waals surface area contributed by atoms with Gasteiger partial charge in [0.15, 0.2) is 5.54 Å². The highest BCUT2D eigenvalue weighted by Crippen LogP contribution is 2.47. The van der Waals surface area contributed by atoms with E-state index >= 15 is 0 Å². The first kappa shape index (κ1) is 22.4. The molecule has 0 bridgehead atoms. The van der Waals surface area contributed by atoms with Gasteiger partial charge in [0, 0.05) is 54.5 Å².